The Morgan fingerprint density at radius 3 is 2.65 bits per heavy atom. The van der Waals surface area contributed by atoms with Gasteiger partial charge in [-0.05, 0) is 51.0 Å². The summed E-state index contributed by atoms with van der Waals surface area (Å²) in [5.74, 6) is 1.57. The molecule has 0 aromatic carbocycles. The molecule has 20 heavy (non-hydrogen) atoms. The van der Waals surface area contributed by atoms with Gasteiger partial charge in [-0.2, -0.15) is 0 Å². The van der Waals surface area contributed by atoms with Crippen molar-refractivity contribution in [1.82, 2.24) is 10.2 Å². The van der Waals surface area contributed by atoms with E-state index in [4.69, 9.17) is 5.73 Å². The van der Waals surface area contributed by atoms with E-state index in [1.165, 1.54) is 6.42 Å². The zero-order valence-corrected chi connectivity index (χ0v) is 13.7. The maximum atomic E-state index is 12.1. The van der Waals surface area contributed by atoms with E-state index in [0.717, 1.165) is 31.7 Å². The zero-order valence-electron chi connectivity index (χ0n) is 13.7. The van der Waals surface area contributed by atoms with Crippen LogP contribution in [0.1, 0.15) is 53.4 Å². The third-order valence-electron chi connectivity index (χ3n) is 4.30. The number of hydrogen-bond acceptors (Lipinski definition) is 3. The first-order valence-corrected chi connectivity index (χ1v) is 8.15. The van der Waals surface area contributed by atoms with Crippen LogP contribution in [0.5, 0.6) is 0 Å². The second-order valence-electron chi connectivity index (χ2n) is 6.93. The number of piperidine rings is 1. The highest BCUT2D eigenvalue weighted by molar-refractivity contribution is 5.78. The van der Waals surface area contributed by atoms with Crippen LogP contribution < -0.4 is 11.1 Å². The third-order valence-corrected chi connectivity index (χ3v) is 4.30. The van der Waals surface area contributed by atoms with Crippen molar-refractivity contribution in [3.8, 4) is 0 Å². The molecule has 1 amide bonds. The van der Waals surface area contributed by atoms with Crippen LogP contribution in [0.3, 0.4) is 0 Å². The van der Waals surface area contributed by atoms with Gasteiger partial charge in [-0.25, -0.2) is 0 Å². The van der Waals surface area contributed by atoms with Gasteiger partial charge < -0.3 is 11.1 Å². The Labute approximate surface area is 124 Å². The Bertz CT molecular complexity index is 293. The Morgan fingerprint density at radius 2 is 2.05 bits per heavy atom. The molecule has 0 aromatic rings. The molecule has 0 radical (unpaired) electrons. The quantitative estimate of drug-likeness (QED) is 0.751. The smallest absolute Gasteiger partial charge is 0.234 e. The first-order chi connectivity index (χ1) is 9.42. The van der Waals surface area contributed by atoms with Crippen LogP contribution in [0.15, 0.2) is 0 Å². The van der Waals surface area contributed by atoms with Crippen LogP contribution in [0.2, 0.25) is 0 Å². The van der Waals surface area contributed by atoms with E-state index in [-0.39, 0.29) is 11.9 Å². The van der Waals surface area contributed by atoms with Gasteiger partial charge in [-0.1, -0.05) is 20.8 Å². The van der Waals surface area contributed by atoms with Crippen molar-refractivity contribution in [2.75, 3.05) is 19.6 Å². The number of likely N-dealkylation sites (tertiary alicyclic amines) is 1. The van der Waals surface area contributed by atoms with Crippen LogP contribution in [0, 0.1) is 11.8 Å². The molecule has 0 aliphatic carbocycles. The van der Waals surface area contributed by atoms with Gasteiger partial charge in [0.05, 0.1) is 6.54 Å². The second-order valence-corrected chi connectivity index (χ2v) is 6.93. The van der Waals surface area contributed by atoms with Gasteiger partial charge in [0.2, 0.25) is 5.91 Å². The summed E-state index contributed by atoms with van der Waals surface area (Å²) in [5, 5.41) is 3.12. The summed E-state index contributed by atoms with van der Waals surface area (Å²) in [5.41, 5.74) is 5.84. The summed E-state index contributed by atoms with van der Waals surface area (Å²) in [6.07, 6.45) is 4.51. The number of carbonyl (C=O) groups excluding carboxylic acids is 1. The Balaban J connectivity index is 2.33. The average Bonchev–Trinajstić information content (AvgIpc) is 2.38. The maximum Gasteiger partial charge on any atom is 0.234 e. The molecule has 118 valence electrons. The summed E-state index contributed by atoms with van der Waals surface area (Å²) < 4.78 is 0. The minimum atomic E-state index is 0.147. The molecule has 1 fully saturated rings. The van der Waals surface area contributed by atoms with Gasteiger partial charge in [0.25, 0.3) is 0 Å². The standard InChI is InChI=1S/C16H33N3O/c1-12(2)5-6-14(4)18-16(20)11-19-8-7-13(3)9-15(19)10-17/h12-15H,5-11,17H2,1-4H3,(H,18,20). The van der Waals surface area contributed by atoms with Gasteiger partial charge in [-0.15, -0.1) is 0 Å². The lowest BCUT2D eigenvalue weighted by Crippen LogP contribution is -2.51. The van der Waals surface area contributed by atoms with Crippen molar-refractivity contribution in [1.29, 1.82) is 0 Å². The van der Waals surface area contributed by atoms with Gasteiger partial charge in [0.15, 0.2) is 0 Å². The molecule has 0 spiro atoms. The SMILES string of the molecule is CC(C)CCC(C)NC(=O)CN1CCC(C)CC1CN. The van der Waals surface area contributed by atoms with E-state index in [1.54, 1.807) is 0 Å². The fourth-order valence-electron chi connectivity index (χ4n) is 2.91. The molecule has 3 atom stereocenters. The minimum absolute atomic E-state index is 0.147. The monoisotopic (exact) mass is 283 g/mol. The van der Waals surface area contributed by atoms with Crippen molar-refractivity contribution in [3.05, 3.63) is 0 Å². The van der Waals surface area contributed by atoms with Crippen LogP contribution in [0.4, 0.5) is 0 Å². The fraction of sp³-hybridized carbons (Fsp3) is 0.938. The van der Waals surface area contributed by atoms with E-state index in [1.807, 2.05) is 0 Å². The lowest BCUT2D eigenvalue weighted by molar-refractivity contribution is -0.124. The predicted molar refractivity (Wildman–Crippen MR) is 84.5 cm³/mol. The van der Waals surface area contributed by atoms with Crippen molar-refractivity contribution in [2.24, 2.45) is 17.6 Å². The van der Waals surface area contributed by atoms with Crippen molar-refractivity contribution < 1.29 is 4.79 Å². The molecule has 0 bridgehead atoms. The Morgan fingerprint density at radius 1 is 1.35 bits per heavy atom. The van der Waals surface area contributed by atoms with E-state index in [2.05, 4.69) is 37.9 Å². The largest absolute Gasteiger partial charge is 0.353 e. The van der Waals surface area contributed by atoms with E-state index in [9.17, 15) is 4.79 Å². The number of nitrogens with zero attached hydrogens (tertiary/aromatic N) is 1. The summed E-state index contributed by atoms with van der Waals surface area (Å²) in [6.45, 7) is 11.0. The molecule has 0 aromatic heterocycles. The second kappa shape index (κ2) is 8.63. The lowest BCUT2D eigenvalue weighted by Gasteiger charge is -2.37. The van der Waals surface area contributed by atoms with Crippen LogP contribution in [0.25, 0.3) is 0 Å². The predicted octanol–water partition coefficient (Wildman–Crippen LogP) is 1.99. The highest BCUT2D eigenvalue weighted by Crippen LogP contribution is 2.21. The highest BCUT2D eigenvalue weighted by Gasteiger charge is 2.26. The number of nitrogens with two attached hydrogens (primary N) is 1. The maximum absolute atomic E-state index is 12.1. The van der Waals surface area contributed by atoms with E-state index in [0.29, 0.717) is 25.0 Å². The minimum Gasteiger partial charge on any atom is -0.353 e. The van der Waals surface area contributed by atoms with Crippen LogP contribution >= 0.6 is 0 Å². The molecule has 1 rings (SSSR count). The molecule has 1 aliphatic heterocycles. The third kappa shape index (κ3) is 6.23. The number of amides is 1. The normalized spacial score (nSPS) is 25.7. The first-order valence-electron chi connectivity index (χ1n) is 8.15. The molecule has 3 unspecified atom stereocenters. The van der Waals surface area contributed by atoms with Gasteiger partial charge in [-0.3, -0.25) is 9.69 Å². The number of nitrogens with one attached hydrogen (secondary N) is 1. The fourth-order valence-corrected chi connectivity index (χ4v) is 2.91. The molecule has 1 saturated heterocycles. The average molecular weight is 283 g/mol. The summed E-state index contributed by atoms with van der Waals surface area (Å²) in [7, 11) is 0. The first kappa shape index (κ1) is 17.4. The van der Waals surface area contributed by atoms with Gasteiger partial charge >= 0.3 is 0 Å². The van der Waals surface area contributed by atoms with Gasteiger partial charge in [0.1, 0.15) is 0 Å². The van der Waals surface area contributed by atoms with E-state index >= 15 is 0 Å². The Hall–Kier alpha value is -0.610. The highest BCUT2D eigenvalue weighted by atomic mass is 16.2. The summed E-state index contributed by atoms with van der Waals surface area (Å²) in [6, 6.07) is 0.639. The lowest BCUT2D eigenvalue weighted by atomic mass is 9.92. The van der Waals surface area contributed by atoms with E-state index < -0.39 is 0 Å². The van der Waals surface area contributed by atoms with Crippen molar-refractivity contribution in [2.45, 2.75) is 65.5 Å². The molecule has 1 heterocycles. The molecule has 0 saturated carbocycles. The molecule has 1 aliphatic rings. The van der Waals surface area contributed by atoms with Crippen molar-refractivity contribution in [3.63, 3.8) is 0 Å². The number of carbonyl (C=O) groups is 1. The summed E-state index contributed by atoms with van der Waals surface area (Å²) in [4.78, 5) is 14.4. The summed E-state index contributed by atoms with van der Waals surface area (Å²) >= 11 is 0. The molecule has 4 nitrogen and oxygen atoms in total. The number of hydrogen-bond donors (Lipinski definition) is 2. The number of rotatable bonds is 7. The molecular weight excluding hydrogens is 250 g/mol. The molecular formula is C16H33N3O. The van der Waals surface area contributed by atoms with Gasteiger partial charge in [0, 0.05) is 18.6 Å². The Kier molecular flexibility index (Phi) is 7.52. The topological polar surface area (TPSA) is 58.4 Å². The van der Waals surface area contributed by atoms with Crippen molar-refractivity contribution >= 4 is 5.91 Å². The van der Waals surface area contributed by atoms with Crippen LogP contribution in [-0.4, -0.2) is 42.5 Å². The van der Waals surface area contributed by atoms with Crippen LogP contribution in [-0.2, 0) is 4.79 Å². The molecule has 4 heteroatoms. The molecule has 3 N–H and O–H groups in total. The zero-order chi connectivity index (χ0) is 15.1.